The fourth-order valence-corrected chi connectivity index (χ4v) is 3.58. The molecule has 0 radical (unpaired) electrons. The summed E-state index contributed by atoms with van der Waals surface area (Å²) in [5.41, 5.74) is 2.13. The summed E-state index contributed by atoms with van der Waals surface area (Å²) in [6.07, 6.45) is 0. The molecule has 0 fully saturated rings. The average Bonchev–Trinajstić information content (AvgIpc) is 2.60. The van der Waals surface area contributed by atoms with Crippen LogP contribution in [0.4, 0.5) is 0 Å². The van der Waals surface area contributed by atoms with Crippen LogP contribution in [0.5, 0.6) is 11.5 Å². The maximum atomic E-state index is 12.1. The van der Waals surface area contributed by atoms with Crippen LogP contribution in [0, 0.1) is 6.92 Å². The molecule has 0 aliphatic heterocycles. The lowest BCUT2D eigenvalue weighted by atomic mass is 10.2. The van der Waals surface area contributed by atoms with E-state index in [0.29, 0.717) is 30.4 Å². The monoisotopic (exact) mass is 423 g/mol. The van der Waals surface area contributed by atoms with Crippen molar-refractivity contribution in [2.75, 3.05) is 19.5 Å². The summed E-state index contributed by atoms with van der Waals surface area (Å²) in [5.74, 6) is 1.77. The van der Waals surface area contributed by atoms with Gasteiger partial charge in [0, 0.05) is 15.9 Å². The zero-order chi connectivity index (χ0) is 18.2. The molecule has 0 saturated carbocycles. The molecule has 0 aromatic heterocycles. The predicted molar refractivity (Wildman–Crippen MR) is 106 cm³/mol. The molecule has 1 N–H and O–H groups in total. The van der Waals surface area contributed by atoms with Crippen molar-refractivity contribution in [3.8, 4) is 11.5 Å². The Balaban J connectivity index is 1.87. The van der Waals surface area contributed by atoms with Crippen LogP contribution in [-0.4, -0.2) is 25.4 Å². The van der Waals surface area contributed by atoms with Gasteiger partial charge in [0.05, 0.1) is 19.5 Å². The number of methoxy groups -OCH3 is 1. The van der Waals surface area contributed by atoms with Crippen LogP contribution in [0.15, 0.2) is 45.8 Å². The maximum absolute atomic E-state index is 12.1. The van der Waals surface area contributed by atoms with E-state index in [0.717, 1.165) is 20.5 Å². The largest absolute Gasteiger partial charge is 0.493 e. The number of hydrogen-bond acceptors (Lipinski definition) is 4. The van der Waals surface area contributed by atoms with Crippen LogP contribution in [0.2, 0.25) is 0 Å². The van der Waals surface area contributed by atoms with Crippen LogP contribution in [0.3, 0.4) is 0 Å². The lowest BCUT2D eigenvalue weighted by molar-refractivity contribution is -0.118. The highest BCUT2D eigenvalue weighted by molar-refractivity contribution is 9.10. The zero-order valence-electron chi connectivity index (χ0n) is 14.6. The Morgan fingerprint density at radius 1 is 1.20 bits per heavy atom. The van der Waals surface area contributed by atoms with E-state index in [1.807, 2.05) is 50.2 Å². The van der Waals surface area contributed by atoms with E-state index in [1.165, 1.54) is 11.8 Å². The number of benzene rings is 2. The molecule has 0 aliphatic rings. The fourth-order valence-electron chi connectivity index (χ4n) is 2.27. The quantitative estimate of drug-likeness (QED) is 0.631. The van der Waals surface area contributed by atoms with Gasteiger partial charge in [0.25, 0.3) is 0 Å². The van der Waals surface area contributed by atoms with Gasteiger partial charge in [0.15, 0.2) is 11.5 Å². The van der Waals surface area contributed by atoms with Crippen molar-refractivity contribution in [3.63, 3.8) is 0 Å². The van der Waals surface area contributed by atoms with Gasteiger partial charge in [0.2, 0.25) is 5.91 Å². The van der Waals surface area contributed by atoms with E-state index in [4.69, 9.17) is 9.47 Å². The summed E-state index contributed by atoms with van der Waals surface area (Å²) in [4.78, 5) is 13.2. The predicted octanol–water partition coefficient (Wildman–Crippen LogP) is 4.57. The molecular formula is C19H22BrNO3S. The highest BCUT2D eigenvalue weighted by atomic mass is 79.9. The molecule has 134 valence electrons. The van der Waals surface area contributed by atoms with E-state index in [-0.39, 0.29) is 5.91 Å². The number of carbonyl (C=O) groups excluding carboxylic acids is 1. The Kier molecular flexibility index (Phi) is 7.65. The van der Waals surface area contributed by atoms with Gasteiger partial charge < -0.3 is 14.8 Å². The molecule has 0 atom stereocenters. The molecule has 2 aromatic rings. The van der Waals surface area contributed by atoms with Crippen LogP contribution in [0.25, 0.3) is 0 Å². The number of hydrogen-bond donors (Lipinski definition) is 1. The van der Waals surface area contributed by atoms with E-state index in [9.17, 15) is 4.79 Å². The lowest BCUT2D eigenvalue weighted by Crippen LogP contribution is -2.24. The van der Waals surface area contributed by atoms with Crippen LogP contribution in [0.1, 0.15) is 18.1 Å². The topological polar surface area (TPSA) is 47.6 Å². The summed E-state index contributed by atoms with van der Waals surface area (Å²) in [6, 6.07) is 11.7. The van der Waals surface area contributed by atoms with Crippen molar-refractivity contribution in [3.05, 3.63) is 52.0 Å². The molecule has 4 nitrogen and oxygen atoms in total. The number of carbonyl (C=O) groups is 1. The summed E-state index contributed by atoms with van der Waals surface area (Å²) >= 11 is 4.98. The fraction of sp³-hybridized carbons (Fsp3) is 0.316. The van der Waals surface area contributed by atoms with E-state index >= 15 is 0 Å². The van der Waals surface area contributed by atoms with Gasteiger partial charge in [-0.05, 0) is 55.3 Å². The Labute approximate surface area is 161 Å². The minimum atomic E-state index is 0.000158. The summed E-state index contributed by atoms with van der Waals surface area (Å²) in [6.45, 7) is 5.01. The minimum Gasteiger partial charge on any atom is -0.493 e. The van der Waals surface area contributed by atoms with Gasteiger partial charge in [-0.3, -0.25) is 4.79 Å². The number of amides is 1. The van der Waals surface area contributed by atoms with E-state index in [2.05, 4.69) is 21.2 Å². The minimum absolute atomic E-state index is 0.000158. The van der Waals surface area contributed by atoms with Crippen molar-refractivity contribution in [1.29, 1.82) is 0 Å². The second-order valence-electron chi connectivity index (χ2n) is 5.39. The number of halogens is 1. The summed E-state index contributed by atoms with van der Waals surface area (Å²) in [5, 5.41) is 2.94. The lowest BCUT2D eigenvalue weighted by Gasteiger charge is -2.12. The summed E-state index contributed by atoms with van der Waals surface area (Å²) < 4.78 is 11.9. The maximum Gasteiger partial charge on any atom is 0.230 e. The number of aryl methyl sites for hydroxylation is 1. The molecule has 0 heterocycles. The highest BCUT2D eigenvalue weighted by Gasteiger charge is 2.08. The van der Waals surface area contributed by atoms with Crippen molar-refractivity contribution in [2.45, 2.75) is 25.3 Å². The first kappa shape index (κ1) is 19.7. The van der Waals surface area contributed by atoms with Crippen LogP contribution in [-0.2, 0) is 11.3 Å². The van der Waals surface area contributed by atoms with Crippen molar-refractivity contribution >= 4 is 33.6 Å². The van der Waals surface area contributed by atoms with Gasteiger partial charge in [-0.15, -0.1) is 11.8 Å². The molecule has 6 heteroatoms. The molecule has 0 spiro atoms. The Morgan fingerprint density at radius 3 is 2.68 bits per heavy atom. The molecule has 0 saturated heterocycles. The normalized spacial score (nSPS) is 10.4. The second-order valence-corrected chi connectivity index (χ2v) is 7.33. The first-order valence-corrected chi connectivity index (χ1v) is 9.76. The first-order valence-electron chi connectivity index (χ1n) is 7.98. The SMILES string of the molecule is CCOc1ccc(CNC(=O)CSc2ccc(Br)cc2C)cc1OC. The number of nitrogens with one attached hydrogen (secondary N) is 1. The second kappa shape index (κ2) is 9.73. The molecule has 1 amide bonds. The molecule has 2 aromatic carbocycles. The van der Waals surface area contributed by atoms with Gasteiger partial charge >= 0.3 is 0 Å². The van der Waals surface area contributed by atoms with Crippen molar-refractivity contribution in [1.82, 2.24) is 5.32 Å². The van der Waals surface area contributed by atoms with Crippen LogP contribution < -0.4 is 14.8 Å². The molecule has 0 unspecified atom stereocenters. The summed E-state index contributed by atoms with van der Waals surface area (Å²) in [7, 11) is 1.61. The number of rotatable bonds is 8. The number of ether oxygens (including phenoxy) is 2. The third kappa shape index (κ3) is 5.97. The third-order valence-electron chi connectivity index (χ3n) is 3.51. The molecular weight excluding hydrogens is 402 g/mol. The standard InChI is InChI=1S/C19H22BrNO3S/c1-4-24-16-7-5-14(10-17(16)23-3)11-21-19(22)12-25-18-8-6-15(20)9-13(18)2/h5-10H,4,11-12H2,1-3H3,(H,21,22). The zero-order valence-corrected chi connectivity index (χ0v) is 17.0. The molecule has 2 rings (SSSR count). The van der Waals surface area contributed by atoms with Crippen LogP contribution >= 0.6 is 27.7 Å². The van der Waals surface area contributed by atoms with Gasteiger partial charge in [0.1, 0.15) is 0 Å². The van der Waals surface area contributed by atoms with Gasteiger partial charge in [-0.25, -0.2) is 0 Å². The van der Waals surface area contributed by atoms with E-state index < -0.39 is 0 Å². The molecule has 25 heavy (non-hydrogen) atoms. The van der Waals surface area contributed by atoms with Crippen molar-refractivity contribution < 1.29 is 14.3 Å². The Morgan fingerprint density at radius 2 is 2.00 bits per heavy atom. The number of thioether (sulfide) groups is 1. The highest BCUT2D eigenvalue weighted by Crippen LogP contribution is 2.28. The first-order chi connectivity index (χ1) is 12.0. The van der Waals surface area contributed by atoms with Crippen molar-refractivity contribution in [2.24, 2.45) is 0 Å². The van der Waals surface area contributed by atoms with Gasteiger partial charge in [-0.2, -0.15) is 0 Å². The third-order valence-corrected chi connectivity index (χ3v) is 5.18. The Hall–Kier alpha value is -1.66. The van der Waals surface area contributed by atoms with Gasteiger partial charge in [-0.1, -0.05) is 22.0 Å². The molecule has 0 aliphatic carbocycles. The van der Waals surface area contributed by atoms with E-state index in [1.54, 1.807) is 7.11 Å². The smallest absolute Gasteiger partial charge is 0.230 e. The average molecular weight is 424 g/mol. The Bertz CT molecular complexity index is 737. The molecule has 0 bridgehead atoms.